The Morgan fingerprint density at radius 3 is 2.48 bits per heavy atom. The lowest BCUT2D eigenvalue weighted by molar-refractivity contribution is 0.710. The molecule has 0 saturated carbocycles. The highest BCUT2D eigenvalue weighted by Gasteiger charge is 2.05. The van der Waals surface area contributed by atoms with E-state index in [0.717, 1.165) is 11.1 Å². The minimum Gasteiger partial charge on any atom is -0.296 e. The first kappa shape index (κ1) is 16.4. The van der Waals surface area contributed by atoms with Crippen molar-refractivity contribution in [1.82, 2.24) is 9.55 Å². The van der Waals surface area contributed by atoms with E-state index in [2.05, 4.69) is 11.1 Å². The van der Waals surface area contributed by atoms with Crippen molar-refractivity contribution in [2.75, 3.05) is 0 Å². The Balaban J connectivity index is 0.00000106. The summed E-state index contributed by atoms with van der Waals surface area (Å²) in [4.78, 5) is 25.3. The second kappa shape index (κ2) is 7.25. The Morgan fingerprint density at radius 1 is 1.19 bits per heavy atom. The van der Waals surface area contributed by atoms with Crippen molar-refractivity contribution in [1.29, 1.82) is 5.26 Å². The van der Waals surface area contributed by atoms with Crippen molar-refractivity contribution in [3.8, 4) is 6.07 Å². The Labute approximate surface area is 123 Å². The topological polar surface area (TPSA) is 78.7 Å². The molecule has 0 aliphatic carbocycles. The van der Waals surface area contributed by atoms with Crippen LogP contribution in [0, 0.1) is 25.2 Å². The first-order valence-corrected chi connectivity index (χ1v) is 6.81. The van der Waals surface area contributed by atoms with Crippen molar-refractivity contribution in [3.63, 3.8) is 0 Å². The zero-order valence-corrected chi connectivity index (χ0v) is 12.7. The smallest absolute Gasteiger partial charge is 0.296 e. The molecule has 0 unspecified atom stereocenters. The number of benzene rings is 1. The summed E-state index contributed by atoms with van der Waals surface area (Å²) in [5, 5.41) is 8.89. The van der Waals surface area contributed by atoms with E-state index in [0.29, 0.717) is 17.7 Å². The van der Waals surface area contributed by atoms with Gasteiger partial charge in [0.05, 0.1) is 18.2 Å². The molecule has 21 heavy (non-hydrogen) atoms. The number of H-pyrrole nitrogens is 1. The van der Waals surface area contributed by atoms with Crippen molar-refractivity contribution >= 4 is 0 Å². The number of aromatic nitrogens is 2. The first-order valence-electron chi connectivity index (χ1n) is 6.81. The van der Waals surface area contributed by atoms with Crippen LogP contribution in [0.3, 0.4) is 0 Å². The average molecular weight is 285 g/mol. The van der Waals surface area contributed by atoms with E-state index >= 15 is 0 Å². The molecule has 0 aliphatic rings. The summed E-state index contributed by atoms with van der Waals surface area (Å²) in [6, 6.07) is 7.40. The molecular formula is C16H19N3O2. The summed E-state index contributed by atoms with van der Waals surface area (Å²) in [7, 11) is 0. The van der Waals surface area contributed by atoms with E-state index in [-0.39, 0.29) is 5.56 Å². The van der Waals surface area contributed by atoms with Crippen LogP contribution < -0.4 is 11.2 Å². The van der Waals surface area contributed by atoms with Gasteiger partial charge in [-0.05, 0) is 37.1 Å². The number of nitriles is 1. The second-order valence-electron chi connectivity index (χ2n) is 4.45. The fourth-order valence-corrected chi connectivity index (χ4v) is 1.83. The van der Waals surface area contributed by atoms with Crippen LogP contribution in [0.15, 0.2) is 34.0 Å². The molecule has 1 heterocycles. The molecule has 0 amide bonds. The highest BCUT2D eigenvalue weighted by Crippen LogP contribution is 2.11. The largest absolute Gasteiger partial charge is 0.328 e. The lowest BCUT2D eigenvalue weighted by Gasteiger charge is -2.09. The van der Waals surface area contributed by atoms with Crippen molar-refractivity contribution in [2.45, 2.75) is 34.2 Å². The Bertz CT molecular complexity index is 779. The number of rotatable bonds is 2. The third kappa shape index (κ3) is 3.93. The summed E-state index contributed by atoms with van der Waals surface area (Å²) < 4.78 is 1.43. The Morgan fingerprint density at radius 2 is 1.86 bits per heavy atom. The van der Waals surface area contributed by atoms with E-state index in [4.69, 9.17) is 5.26 Å². The molecule has 5 heteroatoms. The molecule has 1 aromatic carbocycles. The molecular weight excluding hydrogens is 266 g/mol. The number of aromatic amines is 1. The van der Waals surface area contributed by atoms with E-state index < -0.39 is 5.69 Å². The first-order chi connectivity index (χ1) is 10.0. The highest BCUT2D eigenvalue weighted by molar-refractivity contribution is 5.37. The van der Waals surface area contributed by atoms with Crippen LogP contribution in [0.1, 0.15) is 36.1 Å². The van der Waals surface area contributed by atoms with Crippen LogP contribution in [0.2, 0.25) is 0 Å². The van der Waals surface area contributed by atoms with Crippen molar-refractivity contribution in [3.05, 3.63) is 67.5 Å². The predicted octanol–water partition coefficient (Wildman–Crippen LogP) is 2.10. The van der Waals surface area contributed by atoms with Crippen LogP contribution in [0.4, 0.5) is 0 Å². The third-order valence-corrected chi connectivity index (χ3v) is 3.01. The molecule has 0 radical (unpaired) electrons. The fourth-order valence-electron chi connectivity index (χ4n) is 1.83. The van der Waals surface area contributed by atoms with Gasteiger partial charge in [0.2, 0.25) is 0 Å². The maximum Gasteiger partial charge on any atom is 0.328 e. The number of hydrogen-bond acceptors (Lipinski definition) is 3. The van der Waals surface area contributed by atoms with Crippen LogP contribution in [-0.2, 0) is 6.54 Å². The zero-order valence-electron chi connectivity index (χ0n) is 12.7. The van der Waals surface area contributed by atoms with Gasteiger partial charge in [-0.2, -0.15) is 5.26 Å². The maximum atomic E-state index is 11.7. The van der Waals surface area contributed by atoms with Crippen molar-refractivity contribution in [2.24, 2.45) is 0 Å². The Kier molecular flexibility index (Phi) is 5.67. The molecule has 110 valence electrons. The summed E-state index contributed by atoms with van der Waals surface area (Å²) >= 11 is 0. The van der Waals surface area contributed by atoms with E-state index in [1.807, 2.05) is 26.8 Å². The van der Waals surface area contributed by atoms with Gasteiger partial charge in [0.15, 0.2) is 0 Å². The molecule has 1 aromatic heterocycles. The fraction of sp³-hybridized carbons (Fsp3) is 0.312. The number of nitrogens with one attached hydrogen (secondary N) is 1. The SMILES string of the molecule is CC.Cc1ccc(C#N)cc1Cn1cc(C)c(=O)[nH]c1=O. The van der Waals surface area contributed by atoms with Gasteiger partial charge in [-0.15, -0.1) is 0 Å². The number of nitrogens with zero attached hydrogens (tertiary/aromatic N) is 2. The predicted molar refractivity (Wildman–Crippen MR) is 82.4 cm³/mol. The van der Waals surface area contributed by atoms with E-state index in [1.54, 1.807) is 19.1 Å². The average Bonchev–Trinajstić information content (AvgIpc) is 2.49. The lowest BCUT2D eigenvalue weighted by Crippen LogP contribution is -2.31. The Hall–Kier alpha value is -2.61. The summed E-state index contributed by atoms with van der Waals surface area (Å²) in [5.41, 5.74) is 2.09. The highest BCUT2D eigenvalue weighted by atomic mass is 16.2. The van der Waals surface area contributed by atoms with Crippen LogP contribution in [0.25, 0.3) is 0 Å². The molecule has 2 rings (SSSR count). The van der Waals surface area contributed by atoms with E-state index in [1.165, 1.54) is 10.8 Å². The van der Waals surface area contributed by atoms with Crippen LogP contribution in [-0.4, -0.2) is 9.55 Å². The van der Waals surface area contributed by atoms with Gasteiger partial charge in [0.25, 0.3) is 5.56 Å². The summed E-state index contributed by atoms with van der Waals surface area (Å²) in [6.45, 7) is 7.89. The molecule has 0 atom stereocenters. The quantitative estimate of drug-likeness (QED) is 0.917. The maximum absolute atomic E-state index is 11.7. The van der Waals surface area contributed by atoms with E-state index in [9.17, 15) is 9.59 Å². The summed E-state index contributed by atoms with van der Waals surface area (Å²) in [5.74, 6) is 0. The zero-order chi connectivity index (χ0) is 16.0. The van der Waals surface area contributed by atoms with Gasteiger partial charge < -0.3 is 0 Å². The molecule has 0 spiro atoms. The normalized spacial score (nSPS) is 9.48. The van der Waals surface area contributed by atoms with Gasteiger partial charge >= 0.3 is 5.69 Å². The third-order valence-electron chi connectivity index (χ3n) is 3.01. The molecule has 1 N–H and O–H groups in total. The summed E-state index contributed by atoms with van der Waals surface area (Å²) in [6.07, 6.45) is 1.53. The van der Waals surface area contributed by atoms with Gasteiger partial charge in [-0.3, -0.25) is 14.3 Å². The number of aryl methyl sites for hydroxylation is 2. The molecule has 0 aliphatic heterocycles. The second-order valence-corrected chi connectivity index (χ2v) is 4.45. The minimum absolute atomic E-state index is 0.331. The molecule has 2 aromatic rings. The molecule has 0 fully saturated rings. The van der Waals surface area contributed by atoms with Gasteiger partial charge in [0.1, 0.15) is 0 Å². The van der Waals surface area contributed by atoms with Gasteiger partial charge in [-0.25, -0.2) is 4.79 Å². The number of hydrogen-bond donors (Lipinski definition) is 1. The minimum atomic E-state index is -0.447. The molecule has 0 saturated heterocycles. The van der Waals surface area contributed by atoms with Crippen LogP contribution >= 0.6 is 0 Å². The monoisotopic (exact) mass is 285 g/mol. The lowest BCUT2D eigenvalue weighted by atomic mass is 10.1. The van der Waals surface area contributed by atoms with Crippen LogP contribution in [0.5, 0.6) is 0 Å². The van der Waals surface area contributed by atoms with Crippen molar-refractivity contribution < 1.29 is 0 Å². The van der Waals surface area contributed by atoms with Gasteiger partial charge in [-0.1, -0.05) is 19.9 Å². The molecule has 0 bridgehead atoms. The van der Waals surface area contributed by atoms with Gasteiger partial charge in [0, 0.05) is 11.8 Å². The molecule has 5 nitrogen and oxygen atoms in total. The standard InChI is InChI=1S/C14H13N3O2.C2H6/c1-9-3-4-11(6-15)5-12(9)8-17-7-10(2)13(18)16-14(17)19;1-2/h3-5,7H,8H2,1-2H3,(H,16,18,19);1-2H3.